The van der Waals surface area contributed by atoms with E-state index >= 15 is 0 Å². The van der Waals surface area contributed by atoms with Gasteiger partial charge in [-0.05, 0) is 31.0 Å². The highest BCUT2D eigenvalue weighted by Gasteiger charge is 2.29. The lowest BCUT2D eigenvalue weighted by Crippen LogP contribution is -1.99. The van der Waals surface area contributed by atoms with Gasteiger partial charge in [-0.25, -0.2) is 19.3 Å². The number of hydrogen-bond acceptors (Lipinski definition) is 3. The first kappa shape index (κ1) is 11.8. The molecule has 4 rings (SSSR count). The Balaban J connectivity index is 2.04. The van der Waals surface area contributed by atoms with E-state index in [-0.39, 0.29) is 5.82 Å². The maximum Gasteiger partial charge on any atom is 0.146 e. The standard InChI is InChI=1S/C14H10ClFN4/c15-13-10(6-17-7-18-13)14-19-11-4-1-8(16)5-12(11)20(14)9-2-3-9/h1,4-7,9H,2-3H2. The van der Waals surface area contributed by atoms with Crippen molar-refractivity contribution in [1.29, 1.82) is 0 Å². The molecule has 20 heavy (non-hydrogen) atoms. The van der Waals surface area contributed by atoms with Crippen molar-refractivity contribution in [3.05, 3.63) is 41.7 Å². The molecule has 2 heterocycles. The molecule has 0 spiro atoms. The molecular weight excluding hydrogens is 279 g/mol. The van der Waals surface area contributed by atoms with E-state index in [4.69, 9.17) is 11.6 Å². The zero-order valence-electron chi connectivity index (χ0n) is 10.4. The summed E-state index contributed by atoms with van der Waals surface area (Å²) in [5, 5.41) is 0.359. The van der Waals surface area contributed by atoms with Crippen molar-refractivity contribution in [3.63, 3.8) is 0 Å². The molecular formula is C14H10ClFN4. The molecule has 6 heteroatoms. The first-order chi connectivity index (χ1) is 9.74. The van der Waals surface area contributed by atoms with E-state index in [1.807, 2.05) is 4.57 Å². The van der Waals surface area contributed by atoms with Crippen LogP contribution in [0, 0.1) is 5.82 Å². The zero-order valence-corrected chi connectivity index (χ0v) is 11.2. The molecule has 0 unspecified atom stereocenters. The van der Waals surface area contributed by atoms with Crippen molar-refractivity contribution in [2.75, 3.05) is 0 Å². The van der Waals surface area contributed by atoms with Crippen LogP contribution in [0.1, 0.15) is 18.9 Å². The number of fused-ring (bicyclic) bond motifs is 1. The fourth-order valence-electron chi connectivity index (χ4n) is 2.42. The zero-order chi connectivity index (χ0) is 13.7. The maximum atomic E-state index is 13.5. The van der Waals surface area contributed by atoms with Gasteiger partial charge in [0.1, 0.15) is 23.1 Å². The fraction of sp³-hybridized carbons (Fsp3) is 0.214. The van der Waals surface area contributed by atoms with Gasteiger partial charge in [0.15, 0.2) is 0 Å². The Morgan fingerprint density at radius 1 is 1.30 bits per heavy atom. The summed E-state index contributed by atoms with van der Waals surface area (Å²) in [4.78, 5) is 12.6. The molecule has 1 fully saturated rings. The summed E-state index contributed by atoms with van der Waals surface area (Å²) in [6.45, 7) is 0. The van der Waals surface area contributed by atoms with Crippen molar-refractivity contribution in [2.24, 2.45) is 0 Å². The molecule has 0 atom stereocenters. The van der Waals surface area contributed by atoms with Crippen molar-refractivity contribution < 1.29 is 4.39 Å². The van der Waals surface area contributed by atoms with Crippen LogP contribution in [0.2, 0.25) is 5.15 Å². The number of hydrogen-bond donors (Lipinski definition) is 0. The summed E-state index contributed by atoms with van der Waals surface area (Å²) in [7, 11) is 0. The Hall–Kier alpha value is -2.01. The Morgan fingerprint density at radius 3 is 2.90 bits per heavy atom. The number of benzene rings is 1. The summed E-state index contributed by atoms with van der Waals surface area (Å²) in [5.41, 5.74) is 2.23. The smallest absolute Gasteiger partial charge is 0.146 e. The van der Waals surface area contributed by atoms with Gasteiger partial charge in [0, 0.05) is 12.2 Å². The van der Waals surface area contributed by atoms with Gasteiger partial charge >= 0.3 is 0 Å². The highest BCUT2D eigenvalue weighted by Crippen LogP contribution is 2.42. The van der Waals surface area contributed by atoms with Crippen LogP contribution in [0.5, 0.6) is 0 Å². The molecule has 0 saturated heterocycles. The second-order valence-electron chi connectivity index (χ2n) is 4.90. The maximum absolute atomic E-state index is 13.5. The lowest BCUT2D eigenvalue weighted by molar-refractivity contribution is 0.628. The van der Waals surface area contributed by atoms with Gasteiger partial charge in [0.2, 0.25) is 0 Å². The number of aromatic nitrogens is 4. The summed E-state index contributed by atoms with van der Waals surface area (Å²) in [5.74, 6) is 0.444. The van der Waals surface area contributed by atoms with Crippen LogP contribution < -0.4 is 0 Å². The highest BCUT2D eigenvalue weighted by atomic mass is 35.5. The molecule has 0 amide bonds. The molecule has 2 aromatic heterocycles. The third kappa shape index (κ3) is 1.78. The van der Waals surface area contributed by atoms with E-state index in [2.05, 4.69) is 15.0 Å². The first-order valence-electron chi connectivity index (χ1n) is 6.37. The largest absolute Gasteiger partial charge is 0.321 e. The van der Waals surface area contributed by atoms with Gasteiger partial charge in [0.25, 0.3) is 0 Å². The molecule has 100 valence electrons. The minimum absolute atomic E-state index is 0.263. The van der Waals surface area contributed by atoms with Crippen LogP contribution >= 0.6 is 11.6 Å². The van der Waals surface area contributed by atoms with Crippen LogP contribution in [0.3, 0.4) is 0 Å². The first-order valence-corrected chi connectivity index (χ1v) is 6.75. The predicted octanol–water partition coefficient (Wildman–Crippen LogP) is 3.62. The van der Waals surface area contributed by atoms with Crippen molar-refractivity contribution in [3.8, 4) is 11.4 Å². The topological polar surface area (TPSA) is 43.6 Å². The monoisotopic (exact) mass is 288 g/mol. The van der Waals surface area contributed by atoms with E-state index in [9.17, 15) is 4.39 Å². The average Bonchev–Trinajstić information content (AvgIpc) is 3.20. The lowest BCUT2D eigenvalue weighted by Gasteiger charge is -2.08. The van der Waals surface area contributed by atoms with Gasteiger partial charge in [0.05, 0.1) is 16.6 Å². The predicted molar refractivity (Wildman–Crippen MR) is 74.0 cm³/mol. The third-order valence-electron chi connectivity index (χ3n) is 3.47. The molecule has 1 saturated carbocycles. The molecule has 1 aliphatic rings. The Labute approximate surface area is 119 Å². The molecule has 1 aromatic carbocycles. The van der Waals surface area contributed by atoms with Crippen molar-refractivity contribution >= 4 is 22.6 Å². The van der Waals surface area contributed by atoms with Gasteiger partial charge < -0.3 is 4.57 Å². The van der Waals surface area contributed by atoms with Crippen LogP contribution in [-0.2, 0) is 0 Å². The number of rotatable bonds is 2. The van der Waals surface area contributed by atoms with Crippen molar-refractivity contribution in [1.82, 2.24) is 19.5 Å². The highest BCUT2D eigenvalue weighted by molar-refractivity contribution is 6.31. The summed E-state index contributed by atoms with van der Waals surface area (Å²) in [6.07, 6.45) is 5.18. The van der Waals surface area contributed by atoms with Gasteiger partial charge in [-0.2, -0.15) is 0 Å². The Bertz CT molecular complexity index is 810. The van der Waals surface area contributed by atoms with Gasteiger partial charge in [-0.3, -0.25) is 0 Å². The summed E-state index contributed by atoms with van der Waals surface area (Å²) < 4.78 is 15.5. The molecule has 0 N–H and O–H groups in total. The minimum atomic E-state index is -0.263. The Kier molecular flexibility index (Phi) is 2.50. The van der Waals surface area contributed by atoms with E-state index in [1.165, 1.54) is 18.5 Å². The molecule has 0 aliphatic heterocycles. The van der Waals surface area contributed by atoms with Crippen LogP contribution in [-0.4, -0.2) is 19.5 Å². The molecule has 0 radical (unpaired) electrons. The average molecular weight is 289 g/mol. The number of nitrogens with zero attached hydrogens (tertiary/aromatic N) is 4. The van der Waals surface area contributed by atoms with Gasteiger partial charge in [-0.1, -0.05) is 11.6 Å². The van der Waals surface area contributed by atoms with Crippen LogP contribution in [0.15, 0.2) is 30.7 Å². The van der Waals surface area contributed by atoms with Crippen molar-refractivity contribution in [2.45, 2.75) is 18.9 Å². The van der Waals surface area contributed by atoms with E-state index in [0.717, 1.165) is 23.9 Å². The number of halogens is 2. The summed E-state index contributed by atoms with van der Waals surface area (Å²) in [6, 6.07) is 4.97. The van der Waals surface area contributed by atoms with Gasteiger partial charge in [-0.15, -0.1) is 0 Å². The second-order valence-corrected chi connectivity index (χ2v) is 5.25. The van der Waals surface area contributed by atoms with E-state index in [1.54, 1.807) is 12.3 Å². The third-order valence-corrected chi connectivity index (χ3v) is 3.77. The lowest BCUT2D eigenvalue weighted by atomic mass is 10.3. The minimum Gasteiger partial charge on any atom is -0.321 e. The molecule has 0 bridgehead atoms. The van der Waals surface area contributed by atoms with Crippen LogP contribution in [0.25, 0.3) is 22.4 Å². The SMILES string of the molecule is Fc1ccc2nc(-c3cncnc3Cl)n(C3CC3)c2c1. The number of imidazole rings is 1. The van der Waals surface area contributed by atoms with Crippen LogP contribution in [0.4, 0.5) is 4.39 Å². The van der Waals surface area contributed by atoms with E-state index < -0.39 is 0 Å². The molecule has 1 aliphatic carbocycles. The fourth-order valence-corrected chi connectivity index (χ4v) is 2.60. The molecule has 4 nitrogen and oxygen atoms in total. The molecule has 3 aromatic rings. The van der Waals surface area contributed by atoms with E-state index in [0.29, 0.717) is 22.6 Å². The quantitative estimate of drug-likeness (QED) is 0.677. The summed E-state index contributed by atoms with van der Waals surface area (Å²) >= 11 is 6.14. The normalized spacial score (nSPS) is 14.9. The Morgan fingerprint density at radius 2 is 2.15 bits per heavy atom. The second kappa shape index (κ2) is 4.24.